The van der Waals surface area contributed by atoms with E-state index in [1.807, 2.05) is 6.92 Å². The van der Waals surface area contributed by atoms with E-state index in [0.29, 0.717) is 29.0 Å². The number of rotatable bonds is 11. The van der Waals surface area contributed by atoms with Gasteiger partial charge in [-0.25, -0.2) is 9.59 Å². The van der Waals surface area contributed by atoms with Crippen LogP contribution in [0.1, 0.15) is 37.8 Å². The van der Waals surface area contributed by atoms with Gasteiger partial charge in [0.25, 0.3) is 11.4 Å². The first-order valence-corrected chi connectivity index (χ1v) is 17.8. The minimum absolute atomic E-state index is 0. The Kier molecular flexibility index (Phi) is 11.9. The van der Waals surface area contributed by atoms with Crippen LogP contribution >= 0.6 is 11.8 Å². The number of ether oxygens (including phenoxy) is 2. The number of likely N-dealkylation sites (tertiary alicyclic amines) is 2. The van der Waals surface area contributed by atoms with Gasteiger partial charge in [-0.15, -0.1) is 11.8 Å². The molecule has 6 rings (SSSR count). The smallest absolute Gasteiger partial charge is 0.410 e. The topological polar surface area (TPSA) is 183 Å². The van der Waals surface area contributed by atoms with Crippen LogP contribution in [0.15, 0.2) is 59.1 Å². The first-order valence-electron chi connectivity index (χ1n) is 17.0. The molecule has 7 atom stereocenters. The molecule has 0 aliphatic carbocycles. The van der Waals surface area contributed by atoms with Crippen LogP contribution < -0.4 is 24.0 Å². The molecule has 17 heteroatoms. The highest BCUT2D eigenvalue weighted by atomic mass is 127. The van der Waals surface area contributed by atoms with Gasteiger partial charge in [-0.1, -0.05) is 6.92 Å². The lowest BCUT2D eigenvalue weighted by molar-refractivity contribution is -0.879. The van der Waals surface area contributed by atoms with Gasteiger partial charge in [0.15, 0.2) is 0 Å². The number of aliphatic hydroxyl groups is 1. The predicted molar refractivity (Wildman–Crippen MR) is 185 cm³/mol. The molecule has 15 nitrogen and oxygen atoms in total. The third-order valence-electron chi connectivity index (χ3n) is 10.5. The summed E-state index contributed by atoms with van der Waals surface area (Å²) in [6, 6.07) is 11.0. The summed E-state index contributed by atoms with van der Waals surface area (Å²) in [5.41, 5.74) is 1.16. The quantitative estimate of drug-likeness (QED) is 0.0858. The molecule has 2 aromatic rings. The number of thioether (sulfide) groups is 1. The Bertz CT molecular complexity index is 1750. The first kappa shape index (κ1) is 39.4. The molecular formula is C35H42IN5O10S. The highest BCUT2D eigenvalue weighted by Crippen LogP contribution is 2.53. The molecule has 0 unspecified atom stereocenters. The van der Waals surface area contributed by atoms with Crippen LogP contribution in [0.25, 0.3) is 0 Å². The van der Waals surface area contributed by atoms with Gasteiger partial charge in [-0.3, -0.25) is 25.0 Å². The summed E-state index contributed by atoms with van der Waals surface area (Å²) in [6.07, 6.45) is 0.175. The van der Waals surface area contributed by atoms with E-state index in [0.717, 1.165) is 24.0 Å². The lowest BCUT2D eigenvalue weighted by atomic mass is 9.79. The van der Waals surface area contributed by atoms with Crippen LogP contribution in [-0.4, -0.2) is 104 Å². The summed E-state index contributed by atoms with van der Waals surface area (Å²) in [5.74, 6) is -1.79. The fourth-order valence-electron chi connectivity index (χ4n) is 7.94. The Labute approximate surface area is 322 Å². The lowest BCUT2D eigenvalue weighted by Gasteiger charge is -2.46. The van der Waals surface area contributed by atoms with Crippen molar-refractivity contribution in [2.75, 3.05) is 33.7 Å². The van der Waals surface area contributed by atoms with Crippen LogP contribution in [0.2, 0.25) is 0 Å². The number of hydrogen-bond acceptors (Lipinski definition) is 11. The summed E-state index contributed by atoms with van der Waals surface area (Å²) in [6.45, 7) is 5.49. The second kappa shape index (κ2) is 15.7. The third-order valence-corrected chi connectivity index (χ3v) is 12.0. The summed E-state index contributed by atoms with van der Waals surface area (Å²) in [7, 11) is 4.33. The number of carbonyl (C=O) groups is 3. The standard InChI is InChI=1S/C35H42N5O10S.HI/c1-20-30-29(21(2)41)33(42)37(30)31(34(43)49-18-22-5-9-25(10-6-22)38(45)46)32(20)51-27-15-28(24-13-14-40(3,4)17-24)36(16-27)35(44)50-19-23-7-11-26(12-8-23)39(47)48;/h5-12,20-21,24,27-30,41H,13-19H2,1-4H3;1H/q+1;/p-1/t20-,21-,24+,27+,28+,29-,30-;/m1./s1. The maximum Gasteiger partial charge on any atom is 0.410 e. The fraction of sp³-hybridized carbons (Fsp3) is 0.514. The van der Waals surface area contributed by atoms with Crippen molar-refractivity contribution < 1.29 is 67.3 Å². The molecule has 0 saturated carbocycles. The van der Waals surface area contributed by atoms with Gasteiger partial charge in [-0.2, -0.15) is 0 Å². The molecule has 0 aromatic heterocycles. The SMILES string of the molecule is C[C@@H](O)[C@H]1C(=O)N2C(C(=O)OCc3ccc([N+](=O)[O-])cc3)=C(S[C@H]3C[C@@H]([C@H]4CC[N+](C)(C)C4)N(C(=O)OCc4ccc([N+](=O)[O-])cc4)C3)[C@H](C)[C@H]12.[I-]. The number of nitrogens with zero attached hydrogens (tertiary/aromatic N) is 5. The van der Waals surface area contributed by atoms with E-state index in [9.17, 15) is 39.7 Å². The zero-order valence-corrected chi connectivity index (χ0v) is 32.2. The number of carbonyl (C=O) groups excluding carboxylic acids is 3. The second-order valence-corrected chi connectivity index (χ2v) is 15.9. The third kappa shape index (κ3) is 7.91. The summed E-state index contributed by atoms with van der Waals surface area (Å²) in [4.78, 5) is 65.7. The zero-order valence-electron chi connectivity index (χ0n) is 29.3. The molecular weight excluding hydrogens is 809 g/mol. The number of β-lactam (4-membered cyclic amide) rings is 1. The van der Waals surface area contributed by atoms with Crippen LogP contribution in [0, 0.1) is 38.0 Å². The number of nitro groups is 2. The van der Waals surface area contributed by atoms with Crippen LogP contribution in [0.4, 0.5) is 16.2 Å². The molecule has 3 fully saturated rings. The molecule has 1 N–H and O–H groups in total. The Morgan fingerprint density at radius 3 is 2.06 bits per heavy atom. The second-order valence-electron chi connectivity index (χ2n) is 14.5. The van der Waals surface area contributed by atoms with Gasteiger partial charge in [-0.05, 0) is 48.7 Å². The molecule has 0 radical (unpaired) electrons. The molecule has 2 amide bonds. The molecule has 3 saturated heterocycles. The monoisotopic (exact) mass is 851 g/mol. The van der Waals surface area contributed by atoms with E-state index in [1.54, 1.807) is 24.0 Å². The lowest BCUT2D eigenvalue weighted by Crippen LogP contribution is -3.00. The van der Waals surface area contributed by atoms with E-state index < -0.39 is 40.0 Å². The number of fused-ring (bicyclic) bond motifs is 1. The van der Waals surface area contributed by atoms with E-state index in [-0.39, 0.29) is 83.3 Å². The van der Waals surface area contributed by atoms with Crippen molar-refractivity contribution >= 4 is 41.1 Å². The molecule has 0 bridgehead atoms. The van der Waals surface area contributed by atoms with E-state index in [4.69, 9.17) is 9.47 Å². The number of hydrogen-bond donors (Lipinski definition) is 1. The van der Waals surface area contributed by atoms with Gasteiger partial charge in [0.05, 0.1) is 55.1 Å². The number of non-ortho nitro benzene ring substituents is 2. The number of benzene rings is 2. The number of quaternary nitrogens is 1. The van der Waals surface area contributed by atoms with Crippen molar-refractivity contribution in [2.45, 2.75) is 63.3 Å². The van der Waals surface area contributed by atoms with Crippen LogP contribution in [0.5, 0.6) is 0 Å². The van der Waals surface area contributed by atoms with Gasteiger partial charge in [0, 0.05) is 65.3 Å². The average molecular weight is 852 g/mol. The van der Waals surface area contributed by atoms with Gasteiger partial charge in [0.1, 0.15) is 18.9 Å². The average Bonchev–Trinajstić information content (AvgIpc) is 3.74. The fourth-order valence-corrected chi connectivity index (χ4v) is 9.47. The van der Waals surface area contributed by atoms with Crippen molar-refractivity contribution in [3.8, 4) is 0 Å². The van der Waals surface area contributed by atoms with Crippen molar-refractivity contribution in [1.82, 2.24) is 9.80 Å². The Morgan fingerprint density at radius 2 is 1.56 bits per heavy atom. The minimum Gasteiger partial charge on any atom is -1.00 e. The number of aliphatic hydroxyl groups excluding tert-OH is 1. The molecule has 4 aliphatic rings. The number of amides is 2. The summed E-state index contributed by atoms with van der Waals surface area (Å²) < 4.78 is 12.2. The molecule has 280 valence electrons. The van der Waals surface area contributed by atoms with Crippen molar-refractivity contribution in [3.63, 3.8) is 0 Å². The maximum absolute atomic E-state index is 13.7. The Balaban J connectivity index is 0.00000523. The normalized spacial score (nSPS) is 26.7. The van der Waals surface area contributed by atoms with E-state index >= 15 is 0 Å². The predicted octanol–water partition coefficient (Wildman–Crippen LogP) is 1.23. The zero-order chi connectivity index (χ0) is 36.8. The molecule has 4 heterocycles. The highest BCUT2D eigenvalue weighted by molar-refractivity contribution is 8.03. The van der Waals surface area contributed by atoms with E-state index in [2.05, 4.69) is 14.1 Å². The number of esters is 1. The molecule has 4 aliphatic heterocycles. The maximum atomic E-state index is 13.7. The Hall–Kier alpha value is -3.81. The summed E-state index contributed by atoms with van der Waals surface area (Å²) in [5, 5.41) is 32.4. The molecule has 2 aromatic carbocycles. The molecule has 52 heavy (non-hydrogen) atoms. The Morgan fingerprint density at radius 1 is 1.00 bits per heavy atom. The largest absolute Gasteiger partial charge is 1.00 e. The van der Waals surface area contributed by atoms with Gasteiger partial charge in [0.2, 0.25) is 5.91 Å². The van der Waals surface area contributed by atoms with E-state index in [1.165, 1.54) is 53.1 Å². The van der Waals surface area contributed by atoms with Crippen LogP contribution in [0.3, 0.4) is 0 Å². The number of halogens is 1. The molecule has 0 spiro atoms. The van der Waals surface area contributed by atoms with Crippen LogP contribution in [-0.2, 0) is 32.3 Å². The van der Waals surface area contributed by atoms with Crippen molar-refractivity contribution in [1.29, 1.82) is 0 Å². The highest BCUT2D eigenvalue weighted by Gasteiger charge is 2.61. The number of nitro benzene ring substituents is 2. The summed E-state index contributed by atoms with van der Waals surface area (Å²) >= 11 is 1.46. The minimum atomic E-state index is -0.913. The van der Waals surface area contributed by atoms with Crippen molar-refractivity contribution in [2.24, 2.45) is 17.8 Å². The van der Waals surface area contributed by atoms with Crippen molar-refractivity contribution in [3.05, 3.63) is 90.5 Å². The van der Waals surface area contributed by atoms with Gasteiger partial charge < -0.3 is 52.8 Å². The van der Waals surface area contributed by atoms with Gasteiger partial charge >= 0.3 is 12.1 Å². The first-order chi connectivity index (χ1) is 24.1.